The van der Waals surface area contributed by atoms with Crippen LogP contribution in [0.25, 0.3) is 11.3 Å². The summed E-state index contributed by atoms with van der Waals surface area (Å²) in [5.41, 5.74) is 2.38. The van der Waals surface area contributed by atoms with Crippen molar-refractivity contribution < 1.29 is 14.3 Å². The molecule has 1 aromatic heterocycles. The number of rotatable bonds is 6. The van der Waals surface area contributed by atoms with Gasteiger partial charge in [-0.1, -0.05) is 13.8 Å². The predicted octanol–water partition coefficient (Wildman–Crippen LogP) is 3.15. The lowest BCUT2D eigenvalue weighted by Crippen LogP contribution is -2.49. The van der Waals surface area contributed by atoms with E-state index in [0.717, 1.165) is 22.7 Å². The molecule has 138 valence electrons. The minimum absolute atomic E-state index is 0.00869. The quantitative estimate of drug-likeness (QED) is 0.844. The summed E-state index contributed by atoms with van der Waals surface area (Å²) in [5, 5.41) is 5.79. The number of carbonyl (C=O) groups is 2. The van der Waals surface area contributed by atoms with E-state index in [-0.39, 0.29) is 18.4 Å². The van der Waals surface area contributed by atoms with Gasteiger partial charge in [0.1, 0.15) is 12.3 Å². The molecule has 0 radical (unpaired) electrons. The summed E-state index contributed by atoms with van der Waals surface area (Å²) in [6.07, 6.45) is 0.844. The molecule has 0 bridgehead atoms. The van der Waals surface area contributed by atoms with Gasteiger partial charge in [-0.15, -0.1) is 11.3 Å². The molecule has 26 heavy (non-hydrogen) atoms. The molecule has 1 aliphatic rings. The Kier molecular flexibility index (Phi) is 5.56. The molecule has 3 rings (SSSR count). The monoisotopic (exact) mass is 373 g/mol. The van der Waals surface area contributed by atoms with E-state index >= 15 is 0 Å². The highest BCUT2D eigenvalue weighted by Gasteiger charge is 2.34. The van der Waals surface area contributed by atoms with Crippen LogP contribution in [0.2, 0.25) is 0 Å². The normalized spacial score (nSPS) is 16.2. The number of thiazole rings is 1. The van der Waals surface area contributed by atoms with Crippen molar-refractivity contribution in [1.29, 1.82) is 0 Å². The summed E-state index contributed by atoms with van der Waals surface area (Å²) < 4.78 is 5.84. The van der Waals surface area contributed by atoms with E-state index in [1.165, 1.54) is 4.90 Å². The number of nitrogens with zero attached hydrogens (tertiary/aromatic N) is 2. The van der Waals surface area contributed by atoms with E-state index < -0.39 is 6.10 Å². The summed E-state index contributed by atoms with van der Waals surface area (Å²) >= 11 is 1.57. The van der Waals surface area contributed by atoms with Crippen molar-refractivity contribution in [2.24, 2.45) is 0 Å². The van der Waals surface area contributed by atoms with Crippen LogP contribution in [0.15, 0.2) is 23.6 Å². The molecule has 1 unspecified atom stereocenters. The van der Waals surface area contributed by atoms with Crippen LogP contribution >= 0.6 is 11.3 Å². The zero-order valence-corrected chi connectivity index (χ0v) is 16.1. The molecule has 2 heterocycles. The van der Waals surface area contributed by atoms with Crippen molar-refractivity contribution in [2.45, 2.75) is 39.7 Å². The highest BCUT2D eigenvalue weighted by Crippen LogP contribution is 2.38. The number of aryl methyl sites for hydroxylation is 1. The van der Waals surface area contributed by atoms with Crippen LogP contribution in [0.4, 0.5) is 5.69 Å². The molecule has 1 aromatic carbocycles. The van der Waals surface area contributed by atoms with E-state index in [9.17, 15) is 9.59 Å². The fourth-order valence-electron chi connectivity index (χ4n) is 2.86. The van der Waals surface area contributed by atoms with Crippen molar-refractivity contribution in [2.75, 3.05) is 18.0 Å². The van der Waals surface area contributed by atoms with Crippen LogP contribution in [0, 0.1) is 6.92 Å². The Hall–Kier alpha value is -2.41. The predicted molar refractivity (Wildman–Crippen MR) is 103 cm³/mol. The van der Waals surface area contributed by atoms with E-state index in [1.807, 2.05) is 44.4 Å². The van der Waals surface area contributed by atoms with Crippen molar-refractivity contribution >= 4 is 28.8 Å². The van der Waals surface area contributed by atoms with Crippen LogP contribution in [-0.2, 0) is 9.59 Å². The molecule has 0 saturated carbocycles. The Morgan fingerprint density at radius 1 is 1.38 bits per heavy atom. The third kappa shape index (κ3) is 3.72. The number of anilines is 1. The number of amides is 2. The number of hydrogen-bond acceptors (Lipinski definition) is 5. The van der Waals surface area contributed by atoms with Gasteiger partial charge in [0.15, 0.2) is 6.10 Å². The van der Waals surface area contributed by atoms with Crippen molar-refractivity contribution in [3.8, 4) is 17.0 Å². The average Bonchev–Trinajstić information content (AvgIpc) is 3.08. The third-order valence-electron chi connectivity index (χ3n) is 4.22. The van der Waals surface area contributed by atoms with Crippen LogP contribution in [0.5, 0.6) is 5.75 Å². The van der Waals surface area contributed by atoms with E-state index in [2.05, 4.69) is 10.3 Å². The Morgan fingerprint density at radius 2 is 2.19 bits per heavy atom. The minimum atomic E-state index is -0.561. The Bertz CT molecular complexity index is 818. The average molecular weight is 373 g/mol. The maximum Gasteiger partial charge on any atom is 0.268 e. The SMILES string of the molecule is CCCNC(=O)CN1C(=O)C(CC)Oc2ccc(-c3csc(C)n3)cc21. The lowest BCUT2D eigenvalue weighted by Gasteiger charge is -2.34. The van der Waals surface area contributed by atoms with Gasteiger partial charge in [-0.3, -0.25) is 14.5 Å². The first-order valence-electron chi connectivity index (χ1n) is 8.84. The highest BCUT2D eigenvalue weighted by atomic mass is 32.1. The van der Waals surface area contributed by atoms with Gasteiger partial charge < -0.3 is 10.1 Å². The fourth-order valence-corrected chi connectivity index (χ4v) is 3.49. The molecule has 0 saturated heterocycles. The number of ether oxygens (including phenoxy) is 1. The van der Waals surface area contributed by atoms with Crippen LogP contribution in [0.1, 0.15) is 31.7 Å². The maximum absolute atomic E-state index is 12.8. The summed E-state index contributed by atoms with van der Waals surface area (Å²) in [6.45, 7) is 6.43. The van der Waals surface area contributed by atoms with E-state index in [4.69, 9.17) is 4.74 Å². The fraction of sp³-hybridized carbons (Fsp3) is 0.421. The Labute approximate surface area is 157 Å². The second-order valence-electron chi connectivity index (χ2n) is 6.22. The second kappa shape index (κ2) is 7.86. The van der Waals surface area contributed by atoms with Gasteiger partial charge in [0.05, 0.1) is 16.4 Å². The standard InChI is InChI=1S/C19H23N3O3S/c1-4-8-20-18(23)10-22-15-9-13(14-11-26-12(3)21-14)6-7-17(15)25-16(5-2)19(22)24/h6-7,9,11,16H,4-5,8,10H2,1-3H3,(H,20,23). The Balaban J connectivity index is 1.95. The second-order valence-corrected chi connectivity index (χ2v) is 7.29. The van der Waals surface area contributed by atoms with Crippen LogP contribution in [-0.4, -0.2) is 36.0 Å². The minimum Gasteiger partial charge on any atom is -0.478 e. The lowest BCUT2D eigenvalue weighted by atomic mass is 10.1. The number of hydrogen-bond donors (Lipinski definition) is 1. The molecular formula is C19H23N3O3S. The van der Waals surface area contributed by atoms with Gasteiger partial charge in [-0.2, -0.15) is 0 Å². The first-order chi connectivity index (χ1) is 12.5. The van der Waals surface area contributed by atoms with Gasteiger partial charge >= 0.3 is 0 Å². The zero-order chi connectivity index (χ0) is 18.7. The van der Waals surface area contributed by atoms with Gasteiger partial charge in [0.25, 0.3) is 5.91 Å². The molecule has 1 atom stereocenters. The molecular weight excluding hydrogens is 350 g/mol. The van der Waals surface area contributed by atoms with Crippen molar-refractivity contribution in [3.63, 3.8) is 0 Å². The zero-order valence-electron chi connectivity index (χ0n) is 15.2. The summed E-state index contributed by atoms with van der Waals surface area (Å²) in [6, 6.07) is 5.66. The van der Waals surface area contributed by atoms with Crippen molar-refractivity contribution in [3.05, 3.63) is 28.6 Å². The lowest BCUT2D eigenvalue weighted by molar-refractivity contribution is -0.129. The summed E-state index contributed by atoms with van der Waals surface area (Å²) in [7, 11) is 0. The topological polar surface area (TPSA) is 71.5 Å². The number of fused-ring (bicyclic) bond motifs is 1. The first kappa shape index (κ1) is 18.4. The molecule has 2 amide bonds. The molecule has 1 N–H and O–H groups in total. The van der Waals surface area contributed by atoms with Crippen molar-refractivity contribution in [1.82, 2.24) is 10.3 Å². The number of carbonyl (C=O) groups excluding carboxylic acids is 2. The molecule has 0 aliphatic carbocycles. The number of aromatic nitrogens is 1. The molecule has 0 fully saturated rings. The van der Waals surface area contributed by atoms with Gasteiger partial charge in [-0.25, -0.2) is 4.98 Å². The number of benzene rings is 1. The molecule has 0 spiro atoms. The smallest absolute Gasteiger partial charge is 0.268 e. The van der Waals surface area contributed by atoms with E-state index in [1.54, 1.807) is 11.3 Å². The Morgan fingerprint density at radius 3 is 2.85 bits per heavy atom. The summed E-state index contributed by atoms with van der Waals surface area (Å²) in [5.74, 6) is 0.270. The van der Waals surface area contributed by atoms with Gasteiger partial charge in [-0.05, 0) is 38.0 Å². The summed E-state index contributed by atoms with van der Waals surface area (Å²) in [4.78, 5) is 31.0. The number of nitrogens with one attached hydrogen (secondary N) is 1. The molecule has 1 aliphatic heterocycles. The van der Waals surface area contributed by atoms with Gasteiger partial charge in [0.2, 0.25) is 5.91 Å². The van der Waals surface area contributed by atoms with Crippen LogP contribution in [0.3, 0.4) is 0 Å². The first-order valence-corrected chi connectivity index (χ1v) is 9.72. The maximum atomic E-state index is 12.8. The molecule has 6 nitrogen and oxygen atoms in total. The third-order valence-corrected chi connectivity index (χ3v) is 4.99. The van der Waals surface area contributed by atoms with E-state index in [0.29, 0.717) is 24.4 Å². The molecule has 7 heteroatoms. The largest absolute Gasteiger partial charge is 0.478 e. The highest BCUT2D eigenvalue weighted by molar-refractivity contribution is 7.09. The van der Waals surface area contributed by atoms with Gasteiger partial charge in [0, 0.05) is 17.5 Å². The van der Waals surface area contributed by atoms with Crippen LogP contribution < -0.4 is 15.0 Å². The molecule has 2 aromatic rings.